The van der Waals surface area contributed by atoms with E-state index in [2.05, 4.69) is 20.3 Å². The average molecular weight is 335 g/mol. The molecule has 124 valence electrons. The number of anilines is 1. The zero-order valence-electron chi connectivity index (χ0n) is 13.4. The molecule has 1 amide bonds. The number of carbonyl (C=O) groups is 1. The van der Waals surface area contributed by atoms with Crippen LogP contribution < -0.4 is 15.8 Å². The summed E-state index contributed by atoms with van der Waals surface area (Å²) >= 11 is 1.40. The number of rotatable bonds is 3. The van der Waals surface area contributed by atoms with E-state index in [-0.39, 0.29) is 11.6 Å². The van der Waals surface area contributed by atoms with Gasteiger partial charge in [0.05, 0.1) is 0 Å². The van der Waals surface area contributed by atoms with Crippen LogP contribution in [0.2, 0.25) is 0 Å². The molecular formula is C15H21N5O2S. The van der Waals surface area contributed by atoms with Crippen LogP contribution in [-0.2, 0) is 0 Å². The highest BCUT2D eigenvalue weighted by Crippen LogP contribution is 2.24. The number of nitrogens with zero attached hydrogens (tertiary/aromatic N) is 4. The van der Waals surface area contributed by atoms with Crippen LogP contribution in [0.1, 0.15) is 49.9 Å². The lowest BCUT2D eigenvalue weighted by atomic mass is 10.2. The molecule has 1 aliphatic rings. The lowest BCUT2D eigenvalue weighted by Crippen LogP contribution is -2.35. The molecule has 8 heteroatoms. The second kappa shape index (κ2) is 6.66. The third-order valence-electron chi connectivity index (χ3n) is 3.82. The van der Waals surface area contributed by atoms with Crippen molar-refractivity contribution in [2.45, 2.75) is 45.6 Å². The molecule has 0 saturated carbocycles. The first-order valence-electron chi connectivity index (χ1n) is 8.01. The quantitative estimate of drug-likeness (QED) is 0.923. The van der Waals surface area contributed by atoms with Crippen molar-refractivity contribution in [1.29, 1.82) is 0 Å². The minimum Gasteiger partial charge on any atom is -0.350 e. The zero-order valence-corrected chi connectivity index (χ0v) is 14.2. The Hall–Kier alpha value is -1.96. The summed E-state index contributed by atoms with van der Waals surface area (Å²) in [6, 6.07) is -0.0364. The van der Waals surface area contributed by atoms with Gasteiger partial charge in [-0.3, -0.25) is 9.59 Å². The first-order chi connectivity index (χ1) is 11.1. The van der Waals surface area contributed by atoms with Crippen molar-refractivity contribution in [1.82, 2.24) is 19.9 Å². The summed E-state index contributed by atoms with van der Waals surface area (Å²) < 4.78 is 1.25. The maximum Gasteiger partial charge on any atom is 0.288 e. The zero-order chi connectivity index (χ0) is 16.4. The largest absolute Gasteiger partial charge is 0.350 e. The van der Waals surface area contributed by atoms with Gasteiger partial charge in [0.25, 0.3) is 11.5 Å². The molecule has 1 fully saturated rings. The molecule has 23 heavy (non-hydrogen) atoms. The summed E-state index contributed by atoms with van der Waals surface area (Å²) in [7, 11) is 0. The second-order valence-corrected chi connectivity index (χ2v) is 7.02. The molecule has 2 aromatic rings. The van der Waals surface area contributed by atoms with Gasteiger partial charge in [0.1, 0.15) is 5.56 Å². The number of carbonyl (C=O) groups excluding carboxylic acids is 1. The van der Waals surface area contributed by atoms with E-state index in [0.717, 1.165) is 31.1 Å². The molecule has 2 aromatic heterocycles. The predicted octanol–water partition coefficient (Wildman–Crippen LogP) is 1.67. The summed E-state index contributed by atoms with van der Waals surface area (Å²) in [6.07, 6.45) is 6.10. The van der Waals surface area contributed by atoms with Gasteiger partial charge >= 0.3 is 0 Å². The van der Waals surface area contributed by atoms with Crippen molar-refractivity contribution in [2.24, 2.45) is 0 Å². The fourth-order valence-electron chi connectivity index (χ4n) is 2.66. The molecule has 0 aromatic carbocycles. The van der Waals surface area contributed by atoms with Crippen molar-refractivity contribution < 1.29 is 4.79 Å². The van der Waals surface area contributed by atoms with Crippen molar-refractivity contribution in [3.8, 4) is 0 Å². The van der Waals surface area contributed by atoms with Gasteiger partial charge in [-0.2, -0.15) is 4.52 Å². The highest BCUT2D eigenvalue weighted by atomic mass is 32.1. The van der Waals surface area contributed by atoms with E-state index in [1.165, 1.54) is 34.9 Å². The third kappa shape index (κ3) is 3.36. The summed E-state index contributed by atoms with van der Waals surface area (Å²) in [5.41, 5.74) is -0.380. The number of hydrogen-bond donors (Lipinski definition) is 1. The Morgan fingerprint density at radius 2 is 1.96 bits per heavy atom. The van der Waals surface area contributed by atoms with E-state index < -0.39 is 11.5 Å². The maximum atomic E-state index is 12.5. The predicted molar refractivity (Wildman–Crippen MR) is 90.4 cm³/mol. The molecular weight excluding hydrogens is 314 g/mol. The number of nitrogens with one attached hydrogen (secondary N) is 1. The van der Waals surface area contributed by atoms with E-state index in [1.807, 2.05) is 13.8 Å². The summed E-state index contributed by atoms with van der Waals surface area (Å²) in [5.74, 6) is -0.406. The number of hydrogen-bond acceptors (Lipinski definition) is 6. The molecule has 0 aliphatic carbocycles. The van der Waals surface area contributed by atoms with Crippen LogP contribution in [0.4, 0.5) is 5.13 Å². The maximum absolute atomic E-state index is 12.5. The fraction of sp³-hybridized carbons (Fsp3) is 0.600. The minimum absolute atomic E-state index is 0.0314. The monoisotopic (exact) mass is 335 g/mol. The van der Waals surface area contributed by atoms with Gasteiger partial charge in [0.15, 0.2) is 0 Å². The Morgan fingerprint density at radius 3 is 2.61 bits per heavy atom. The lowest BCUT2D eigenvalue weighted by Gasteiger charge is -2.17. The third-order valence-corrected chi connectivity index (χ3v) is 4.80. The fourth-order valence-corrected chi connectivity index (χ4v) is 3.57. The Bertz CT molecular complexity index is 759. The topological polar surface area (TPSA) is 79.6 Å². The van der Waals surface area contributed by atoms with Crippen molar-refractivity contribution >= 4 is 27.3 Å². The van der Waals surface area contributed by atoms with Crippen LogP contribution in [0.3, 0.4) is 0 Å². The smallest absolute Gasteiger partial charge is 0.288 e. The highest BCUT2D eigenvalue weighted by Gasteiger charge is 2.19. The first-order valence-corrected chi connectivity index (χ1v) is 8.82. The van der Waals surface area contributed by atoms with Crippen LogP contribution in [0, 0.1) is 0 Å². The van der Waals surface area contributed by atoms with E-state index in [9.17, 15) is 9.59 Å². The molecule has 3 rings (SSSR count). The molecule has 0 bridgehead atoms. The van der Waals surface area contributed by atoms with E-state index >= 15 is 0 Å². The molecule has 1 aliphatic heterocycles. The van der Waals surface area contributed by atoms with Crippen LogP contribution in [-0.4, -0.2) is 39.6 Å². The minimum atomic E-state index is -0.412. The van der Waals surface area contributed by atoms with Crippen molar-refractivity contribution in [3.63, 3.8) is 0 Å². The standard InChI is InChI=1S/C15H21N5O2S/c1-10(2)17-12(21)11-9-16-14-20(13(11)22)18-15(23-14)19-7-5-3-4-6-8-19/h9-10H,3-8H2,1-2H3,(H,17,21). The summed E-state index contributed by atoms with van der Waals surface area (Å²) in [5, 5.41) is 7.93. The van der Waals surface area contributed by atoms with Crippen molar-refractivity contribution in [3.05, 3.63) is 22.1 Å². The second-order valence-electron chi connectivity index (χ2n) is 6.09. The number of fused-ring (bicyclic) bond motifs is 1. The van der Waals surface area contributed by atoms with Gasteiger partial charge in [-0.1, -0.05) is 24.2 Å². The van der Waals surface area contributed by atoms with Crippen LogP contribution in [0.5, 0.6) is 0 Å². The van der Waals surface area contributed by atoms with E-state index in [1.54, 1.807) is 0 Å². The normalized spacial score (nSPS) is 15.9. The van der Waals surface area contributed by atoms with Crippen LogP contribution >= 0.6 is 11.3 Å². The van der Waals surface area contributed by atoms with E-state index in [4.69, 9.17) is 0 Å². The molecule has 0 atom stereocenters. The number of aromatic nitrogens is 3. The first kappa shape index (κ1) is 15.9. The molecule has 7 nitrogen and oxygen atoms in total. The van der Waals surface area contributed by atoms with Crippen molar-refractivity contribution in [2.75, 3.05) is 18.0 Å². The SMILES string of the molecule is CC(C)NC(=O)c1cnc2sc(N3CCCCCC3)nn2c1=O. The molecule has 0 radical (unpaired) electrons. The van der Waals surface area contributed by atoms with Gasteiger partial charge < -0.3 is 10.2 Å². The Kier molecular flexibility index (Phi) is 4.61. The van der Waals surface area contributed by atoms with Gasteiger partial charge in [0.2, 0.25) is 10.1 Å². The average Bonchev–Trinajstić information content (AvgIpc) is 2.75. The molecule has 1 saturated heterocycles. The molecule has 0 spiro atoms. The van der Waals surface area contributed by atoms with Gasteiger partial charge in [-0.25, -0.2) is 4.98 Å². The van der Waals surface area contributed by atoms with Crippen LogP contribution in [0.25, 0.3) is 4.96 Å². The Balaban J connectivity index is 1.95. The number of amides is 1. The summed E-state index contributed by atoms with van der Waals surface area (Å²) in [6.45, 7) is 5.61. The molecule has 3 heterocycles. The lowest BCUT2D eigenvalue weighted by molar-refractivity contribution is 0.0941. The van der Waals surface area contributed by atoms with Gasteiger partial charge in [-0.05, 0) is 26.7 Å². The Labute approximate surface area is 138 Å². The highest BCUT2D eigenvalue weighted by molar-refractivity contribution is 7.20. The molecule has 1 N–H and O–H groups in total. The summed E-state index contributed by atoms with van der Waals surface area (Å²) in [4.78, 5) is 31.5. The van der Waals surface area contributed by atoms with Gasteiger partial charge in [0, 0.05) is 25.3 Å². The van der Waals surface area contributed by atoms with Gasteiger partial charge in [-0.15, -0.1) is 5.10 Å². The van der Waals surface area contributed by atoms with E-state index in [0.29, 0.717) is 4.96 Å². The molecule has 0 unspecified atom stereocenters. The van der Waals surface area contributed by atoms with Crippen LogP contribution in [0.15, 0.2) is 11.0 Å². The Morgan fingerprint density at radius 1 is 1.26 bits per heavy atom.